The number of carbonyl (C=O) groups excluding carboxylic acids is 1. The van der Waals surface area contributed by atoms with Crippen LogP contribution in [-0.2, 0) is 10.4 Å². The number of carboxylic acid groups (broad SMARTS) is 1. The lowest BCUT2D eigenvalue weighted by Gasteiger charge is -2.43. The van der Waals surface area contributed by atoms with Crippen LogP contribution in [0.3, 0.4) is 0 Å². The van der Waals surface area contributed by atoms with E-state index in [0.717, 1.165) is 31.6 Å². The summed E-state index contributed by atoms with van der Waals surface area (Å²) in [7, 11) is 1.86. The fourth-order valence-corrected chi connectivity index (χ4v) is 5.25. The molecule has 35 heavy (non-hydrogen) atoms. The van der Waals surface area contributed by atoms with Crippen LogP contribution in [0.15, 0.2) is 34.7 Å². The highest BCUT2D eigenvalue weighted by Gasteiger charge is 2.43. The maximum Gasteiger partial charge on any atom is 0.404 e. The molecule has 1 aliphatic rings. The smallest absolute Gasteiger partial charge is 0.404 e. The van der Waals surface area contributed by atoms with Gasteiger partial charge >= 0.3 is 6.09 Å². The van der Waals surface area contributed by atoms with Crippen molar-refractivity contribution in [2.75, 3.05) is 33.2 Å². The maximum absolute atomic E-state index is 12.9. The van der Waals surface area contributed by atoms with E-state index >= 15 is 0 Å². The minimum atomic E-state index is -1.33. The molecule has 4 N–H and O–H groups in total. The highest BCUT2D eigenvalue weighted by Crippen LogP contribution is 2.45. The zero-order chi connectivity index (χ0) is 25.4. The van der Waals surface area contributed by atoms with E-state index in [1.165, 1.54) is 0 Å². The molecule has 192 valence electrons. The van der Waals surface area contributed by atoms with E-state index < -0.39 is 11.7 Å². The van der Waals surface area contributed by atoms with E-state index in [-0.39, 0.29) is 18.4 Å². The molecule has 2 heterocycles. The maximum atomic E-state index is 12.9. The molecule has 2 amide bonds. The number of likely N-dealkylation sites (tertiary alicyclic amines) is 1. The predicted octanol–water partition coefficient (Wildman–Crippen LogP) is 4.38. The number of carbonyl (C=O) groups is 2. The molecule has 2 aromatic rings. The summed E-state index contributed by atoms with van der Waals surface area (Å²) in [5.41, 5.74) is -0.0528. The monoisotopic (exact) mass is 505 g/mol. The minimum Gasteiger partial charge on any atom is -0.465 e. The van der Waals surface area contributed by atoms with Gasteiger partial charge in [-0.1, -0.05) is 23.7 Å². The molecular formula is C26H36ClN3O5. The first-order valence-electron chi connectivity index (χ1n) is 12.2. The van der Waals surface area contributed by atoms with Gasteiger partial charge in [0.25, 0.3) is 0 Å². The first-order chi connectivity index (χ1) is 16.8. The summed E-state index contributed by atoms with van der Waals surface area (Å²) in [6.07, 6.45) is 2.39. The normalized spacial score (nSPS) is 17.7. The number of furan rings is 1. The molecule has 0 bridgehead atoms. The molecule has 1 unspecified atom stereocenters. The van der Waals surface area contributed by atoms with Gasteiger partial charge in [0.1, 0.15) is 11.5 Å². The first-order valence-corrected chi connectivity index (χ1v) is 12.6. The lowest BCUT2D eigenvalue weighted by atomic mass is 9.72. The highest BCUT2D eigenvalue weighted by atomic mass is 35.5. The second kappa shape index (κ2) is 12.4. The van der Waals surface area contributed by atoms with Crippen LogP contribution in [-0.4, -0.2) is 60.3 Å². The van der Waals surface area contributed by atoms with Gasteiger partial charge in [0.15, 0.2) is 0 Å². The van der Waals surface area contributed by atoms with Crippen LogP contribution in [0.5, 0.6) is 0 Å². The summed E-state index contributed by atoms with van der Waals surface area (Å²) in [5, 5.41) is 27.2. The Labute approximate surface area is 211 Å². The average Bonchev–Trinajstić information content (AvgIpc) is 3.27. The van der Waals surface area contributed by atoms with Gasteiger partial charge in [-0.05, 0) is 76.4 Å². The number of aliphatic hydroxyl groups is 1. The SMILES string of the molecule is CNCCCC(=O)N1CCCC([C@@](O)(CCCNC(=O)O)c2cccc(Cl)c2-c2ccc(C)o2)C1. The summed E-state index contributed by atoms with van der Waals surface area (Å²) in [6.45, 7) is 3.95. The summed E-state index contributed by atoms with van der Waals surface area (Å²) in [5.74, 6) is 1.16. The van der Waals surface area contributed by atoms with E-state index in [2.05, 4.69) is 10.6 Å². The number of halogens is 1. The summed E-state index contributed by atoms with van der Waals surface area (Å²) in [6, 6.07) is 9.12. The van der Waals surface area contributed by atoms with Gasteiger partial charge in [-0.25, -0.2) is 4.79 Å². The van der Waals surface area contributed by atoms with Gasteiger partial charge < -0.3 is 30.2 Å². The predicted molar refractivity (Wildman–Crippen MR) is 136 cm³/mol. The largest absolute Gasteiger partial charge is 0.465 e. The minimum absolute atomic E-state index is 0.0906. The number of benzene rings is 1. The first kappa shape index (κ1) is 27.0. The van der Waals surface area contributed by atoms with Crippen LogP contribution in [0.1, 0.15) is 49.8 Å². The second-order valence-electron chi connectivity index (χ2n) is 9.22. The van der Waals surface area contributed by atoms with E-state index in [9.17, 15) is 14.7 Å². The Hall–Kier alpha value is -2.55. The van der Waals surface area contributed by atoms with Crippen molar-refractivity contribution >= 4 is 23.6 Å². The Kier molecular flexibility index (Phi) is 9.60. The Balaban J connectivity index is 1.94. The molecule has 0 spiro atoms. The summed E-state index contributed by atoms with van der Waals surface area (Å²) in [4.78, 5) is 25.7. The van der Waals surface area contributed by atoms with E-state index in [0.29, 0.717) is 54.3 Å². The lowest BCUT2D eigenvalue weighted by molar-refractivity contribution is -0.136. The number of nitrogens with zero attached hydrogens (tertiary/aromatic N) is 1. The Morgan fingerprint density at radius 1 is 1.23 bits per heavy atom. The number of rotatable bonds is 11. The van der Waals surface area contributed by atoms with Crippen LogP contribution in [0, 0.1) is 12.8 Å². The fraction of sp³-hybridized carbons (Fsp3) is 0.538. The van der Waals surface area contributed by atoms with Crippen molar-refractivity contribution in [1.82, 2.24) is 15.5 Å². The molecule has 1 aromatic heterocycles. The molecule has 1 saturated heterocycles. The number of hydrogen-bond acceptors (Lipinski definition) is 5. The highest BCUT2D eigenvalue weighted by molar-refractivity contribution is 6.33. The topological polar surface area (TPSA) is 115 Å². The molecule has 0 aliphatic carbocycles. The van der Waals surface area contributed by atoms with Crippen molar-refractivity contribution < 1.29 is 24.2 Å². The van der Waals surface area contributed by atoms with E-state index in [1.54, 1.807) is 12.1 Å². The zero-order valence-electron chi connectivity index (χ0n) is 20.5. The molecular weight excluding hydrogens is 470 g/mol. The third-order valence-corrected chi connectivity index (χ3v) is 7.06. The van der Waals surface area contributed by atoms with Crippen molar-refractivity contribution in [2.45, 2.75) is 51.0 Å². The van der Waals surface area contributed by atoms with Crippen LogP contribution in [0.4, 0.5) is 4.79 Å². The van der Waals surface area contributed by atoms with E-state index in [1.807, 2.05) is 37.1 Å². The number of nitrogens with one attached hydrogen (secondary N) is 2. The van der Waals surface area contributed by atoms with Crippen LogP contribution in [0.2, 0.25) is 5.02 Å². The molecule has 9 heteroatoms. The molecule has 1 fully saturated rings. The summed E-state index contributed by atoms with van der Waals surface area (Å²) >= 11 is 6.64. The number of piperidine rings is 1. The number of hydrogen-bond donors (Lipinski definition) is 4. The number of aryl methyl sites for hydroxylation is 1. The molecule has 2 atom stereocenters. The molecule has 8 nitrogen and oxygen atoms in total. The van der Waals surface area contributed by atoms with Gasteiger partial charge in [-0.2, -0.15) is 0 Å². The Bertz CT molecular complexity index is 1010. The van der Waals surface area contributed by atoms with E-state index in [4.69, 9.17) is 21.1 Å². The second-order valence-corrected chi connectivity index (χ2v) is 9.63. The van der Waals surface area contributed by atoms with Crippen molar-refractivity contribution in [1.29, 1.82) is 0 Å². The number of amides is 2. The van der Waals surface area contributed by atoms with Crippen molar-refractivity contribution in [3.63, 3.8) is 0 Å². The van der Waals surface area contributed by atoms with Crippen molar-refractivity contribution in [3.8, 4) is 11.3 Å². The molecule has 1 aliphatic heterocycles. The van der Waals surface area contributed by atoms with Gasteiger partial charge in [0.05, 0.1) is 10.6 Å². The zero-order valence-corrected chi connectivity index (χ0v) is 21.2. The molecule has 0 saturated carbocycles. The standard InChI is InChI=1S/C26H36ClN3O5/c1-18-11-12-22(35-18)24-20(8-3-9-21(24)27)26(34,13-6-15-29-25(32)33)19-7-5-16-30(17-19)23(31)10-4-14-28-2/h3,8-9,11-12,19,28-29,34H,4-7,10,13-17H2,1-2H3,(H,32,33)/t19?,26-/m0/s1. The Morgan fingerprint density at radius 2 is 2.03 bits per heavy atom. The van der Waals surface area contributed by atoms with Gasteiger partial charge in [0.2, 0.25) is 5.91 Å². The van der Waals surface area contributed by atoms with Crippen LogP contribution < -0.4 is 10.6 Å². The molecule has 0 radical (unpaired) electrons. The Morgan fingerprint density at radius 3 is 2.71 bits per heavy atom. The molecule has 3 rings (SSSR count). The van der Waals surface area contributed by atoms with Crippen LogP contribution in [0.25, 0.3) is 11.3 Å². The van der Waals surface area contributed by atoms with Gasteiger partial charge in [0, 0.05) is 37.5 Å². The van der Waals surface area contributed by atoms with Gasteiger partial charge in [-0.3, -0.25) is 4.79 Å². The third-order valence-electron chi connectivity index (χ3n) is 6.74. The fourth-order valence-electron chi connectivity index (χ4n) is 4.98. The summed E-state index contributed by atoms with van der Waals surface area (Å²) < 4.78 is 5.89. The van der Waals surface area contributed by atoms with Gasteiger partial charge in [-0.15, -0.1) is 0 Å². The quantitative estimate of drug-likeness (QED) is 0.337. The lowest BCUT2D eigenvalue weighted by Crippen LogP contribution is -2.48. The van der Waals surface area contributed by atoms with Crippen molar-refractivity contribution in [2.24, 2.45) is 5.92 Å². The van der Waals surface area contributed by atoms with Crippen LogP contribution >= 0.6 is 11.6 Å². The molecule has 1 aromatic carbocycles. The van der Waals surface area contributed by atoms with Crippen molar-refractivity contribution in [3.05, 3.63) is 46.7 Å². The third kappa shape index (κ3) is 6.78. The average molecular weight is 506 g/mol.